The molecule has 0 atom stereocenters. The number of ether oxygens (including phenoxy) is 3. The number of nitrogens with zero attached hydrogens (tertiary/aromatic N) is 2. The minimum absolute atomic E-state index is 0.0701. The molecule has 1 aromatic carbocycles. The number of hydrogen-bond donors (Lipinski definition) is 0. The van der Waals surface area contributed by atoms with Gasteiger partial charge in [0, 0.05) is 39.1 Å². The zero-order chi connectivity index (χ0) is 20.4. The first-order valence-corrected chi connectivity index (χ1v) is 9.73. The highest BCUT2D eigenvalue weighted by atomic mass is 16.6. The molecule has 7 heteroatoms. The van der Waals surface area contributed by atoms with Crippen LogP contribution in [0, 0.1) is 0 Å². The second-order valence-corrected chi connectivity index (χ2v) is 6.42. The van der Waals surface area contributed by atoms with Gasteiger partial charge in [0.25, 0.3) is 0 Å². The molecule has 7 nitrogen and oxygen atoms in total. The number of carbonyl (C=O) groups excluding carboxylic acids is 2. The van der Waals surface area contributed by atoms with E-state index in [2.05, 4.69) is 4.90 Å². The molecule has 1 aromatic rings. The summed E-state index contributed by atoms with van der Waals surface area (Å²) in [6.45, 7) is 8.14. The van der Waals surface area contributed by atoms with Gasteiger partial charge in [-0.3, -0.25) is 9.69 Å². The molecule has 0 N–H and O–H groups in total. The highest BCUT2D eigenvalue weighted by Gasteiger charge is 2.21. The van der Waals surface area contributed by atoms with Crippen molar-refractivity contribution in [1.82, 2.24) is 9.80 Å². The van der Waals surface area contributed by atoms with Crippen LogP contribution in [0.2, 0.25) is 0 Å². The Balaban J connectivity index is 1.78. The van der Waals surface area contributed by atoms with Gasteiger partial charge in [-0.15, -0.1) is 0 Å². The predicted octanol–water partition coefficient (Wildman–Crippen LogP) is 2.84. The van der Waals surface area contributed by atoms with Gasteiger partial charge in [-0.2, -0.15) is 0 Å². The molecule has 1 saturated heterocycles. The minimum atomic E-state index is -0.257. The average molecular weight is 390 g/mol. The van der Waals surface area contributed by atoms with E-state index in [0.717, 1.165) is 18.7 Å². The smallest absolute Gasteiger partial charge is 0.409 e. The molecule has 0 bridgehead atoms. The van der Waals surface area contributed by atoms with E-state index in [1.165, 1.54) is 0 Å². The number of hydrogen-bond acceptors (Lipinski definition) is 6. The summed E-state index contributed by atoms with van der Waals surface area (Å²) in [5.41, 5.74) is 0.886. The van der Waals surface area contributed by atoms with Crippen LogP contribution in [-0.2, 0) is 9.53 Å². The second-order valence-electron chi connectivity index (χ2n) is 6.42. The van der Waals surface area contributed by atoms with Gasteiger partial charge in [0.05, 0.1) is 20.3 Å². The molecule has 28 heavy (non-hydrogen) atoms. The van der Waals surface area contributed by atoms with Crippen molar-refractivity contribution in [2.24, 2.45) is 0 Å². The standard InChI is InChI=1S/C21H30N2O5/c1-4-27-19-9-7-17(16-20(19)26-3)6-8-18(24)10-11-22-12-14-23(15-13-22)21(25)28-5-2/h6-9,16H,4-5,10-15H2,1-3H3. The fraction of sp³-hybridized carbons (Fsp3) is 0.524. The molecule has 0 unspecified atom stereocenters. The van der Waals surface area contributed by atoms with E-state index in [0.29, 0.717) is 50.8 Å². The van der Waals surface area contributed by atoms with E-state index in [1.807, 2.05) is 25.1 Å². The number of allylic oxidation sites excluding steroid dienone is 1. The van der Waals surface area contributed by atoms with E-state index >= 15 is 0 Å². The lowest BCUT2D eigenvalue weighted by molar-refractivity contribution is -0.115. The van der Waals surface area contributed by atoms with Crippen LogP contribution in [0.5, 0.6) is 11.5 Å². The monoisotopic (exact) mass is 390 g/mol. The highest BCUT2D eigenvalue weighted by Crippen LogP contribution is 2.28. The van der Waals surface area contributed by atoms with Gasteiger partial charge in [-0.05, 0) is 37.6 Å². The normalized spacial score (nSPS) is 14.9. The van der Waals surface area contributed by atoms with Crippen LogP contribution in [0.15, 0.2) is 24.3 Å². The van der Waals surface area contributed by atoms with E-state index < -0.39 is 0 Å². The number of amides is 1. The van der Waals surface area contributed by atoms with Crippen molar-refractivity contribution in [3.8, 4) is 11.5 Å². The number of carbonyl (C=O) groups is 2. The molecule has 1 amide bonds. The first-order valence-electron chi connectivity index (χ1n) is 9.73. The highest BCUT2D eigenvalue weighted by molar-refractivity contribution is 5.93. The van der Waals surface area contributed by atoms with Crippen molar-refractivity contribution in [1.29, 1.82) is 0 Å². The van der Waals surface area contributed by atoms with Gasteiger partial charge < -0.3 is 19.1 Å². The Morgan fingerprint density at radius 1 is 1.07 bits per heavy atom. The van der Waals surface area contributed by atoms with Crippen LogP contribution >= 0.6 is 0 Å². The zero-order valence-electron chi connectivity index (χ0n) is 17.0. The minimum Gasteiger partial charge on any atom is -0.493 e. The van der Waals surface area contributed by atoms with Gasteiger partial charge in [0.1, 0.15) is 0 Å². The van der Waals surface area contributed by atoms with Crippen molar-refractivity contribution in [2.75, 3.05) is 53.0 Å². The molecule has 0 spiro atoms. The Morgan fingerprint density at radius 2 is 1.82 bits per heavy atom. The molecule has 154 valence electrons. The lowest BCUT2D eigenvalue weighted by Crippen LogP contribution is -2.49. The first kappa shape index (κ1) is 21.8. The summed E-state index contributed by atoms with van der Waals surface area (Å²) in [6, 6.07) is 5.59. The fourth-order valence-corrected chi connectivity index (χ4v) is 2.97. The lowest BCUT2D eigenvalue weighted by atomic mass is 10.1. The first-order chi connectivity index (χ1) is 13.6. The molecule has 0 radical (unpaired) electrons. The predicted molar refractivity (Wildman–Crippen MR) is 108 cm³/mol. The summed E-state index contributed by atoms with van der Waals surface area (Å²) in [6.07, 6.45) is 3.58. The van der Waals surface area contributed by atoms with Crippen molar-refractivity contribution in [3.63, 3.8) is 0 Å². The van der Waals surface area contributed by atoms with Crippen molar-refractivity contribution in [3.05, 3.63) is 29.8 Å². The summed E-state index contributed by atoms with van der Waals surface area (Å²) in [5.74, 6) is 1.41. The summed E-state index contributed by atoms with van der Waals surface area (Å²) in [5, 5.41) is 0. The molecule has 0 saturated carbocycles. The Morgan fingerprint density at radius 3 is 2.46 bits per heavy atom. The van der Waals surface area contributed by atoms with E-state index in [4.69, 9.17) is 14.2 Å². The van der Waals surface area contributed by atoms with Crippen LogP contribution < -0.4 is 9.47 Å². The molecule has 0 aromatic heterocycles. The van der Waals surface area contributed by atoms with Gasteiger partial charge in [-0.25, -0.2) is 4.79 Å². The number of rotatable bonds is 9. The Kier molecular flexibility index (Phi) is 8.81. The van der Waals surface area contributed by atoms with Gasteiger partial charge >= 0.3 is 6.09 Å². The Bertz CT molecular complexity index is 681. The molecule has 1 fully saturated rings. The summed E-state index contributed by atoms with van der Waals surface area (Å²) in [4.78, 5) is 27.8. The SMILES string of the molecule is CCOC(=O)N1CCN(CCC(=O)C=Cc2ccc(OCC)c(OC)c2)CC1. The van der Waals surface area contributed by atoms with Crippen LogP contribution in [0.1, 0.15) is 25.8 Å². The maximum absolute atomic E-state index is 12.2. The maximum Gasteiger partial charge on any atom is 0.409 e. The van der Waals surface area contributed by atoms with Crippen LogP contribution in [-0.4, -0.2) is 74.7 Å². The zero-order valence-corrected chi connectivity index (χ0v) is 17.0. The largest absolute Gasteiger partial charge is 0.493 e. The molecular formula is C21H30N2O5. The van der Waals surface area contributed by atoms with Gasteiger partial charge in [0.2, 0.25) is 0 Å². The van der Waals surface area contributed by atoms with Gasteiger partial charge in [0.15, 0.2) is 17.3 Å². The topological polar surface area (TPSA) is 68.3 Å². The van der Waals surface area contributed by atoms with E-state index in [9.17, 15) is 9.59 Å². The third-order valence-electron chi connectivity index (χ3n) is 4.52. The fourth-order valence-electron chi connectivity index (χ4n) is 2.97. The third-order valence-corrected chi connectivity index (χ3v) is 4.52. The van der Waals surface area contributed by atoms with Crippen LogP contribution in [0.25, 0.3) is 6.08 Å². The number of methoxy groups -OCH3 is 1. The molecule has 0 aliphatic carbocycles. The molecule has 1 aliphatic heterocycles. The molecular weight excluding hydrogens is 360 g/mol. The second kappa shape index (κ2) is 11.3. The van der Waals surface area contributed by atoms with Gasteiger partial charge in [-0.1, -0.05) is 12.1 Å². The summed E-state index contributed by atoms with van der Waals surface area (Å²) >= 11 is 0. The lowest BCUT2D eigenvalue weighted by Gasteiger charge is -2.33. The maximum atomic E-state index is 12.2. The number of benzene rings is 1. The summed E-state index contributed by atoms with van der Waals surface area (Å²) < 4.78 is 15.8. The molecule has 1 aliphatic rings. The van der Waals surface area contributed by atoms with E-state index in [1.54, 1.807) is 31.1 Å². The average Bonchev–Trinajstić information content (AvgIpc) is 2.72. The van der Waals surface area contributed by atoms with Crippen LogP contribution in [0.3, 0.4) is 0 Å². The molecule has 2 rings (SSSR count). The third kappa shape index (κ3) is 6.56. The van der Waals surface area contributed by atoms with Crippen LogP contribution in [0.4, 0.5) is 4.79 Å². The summed E-state index contributed by atoms with van der Waals surface area (Å²) in [7, 11) is 1.60. The Hall–Kier alpha value is -2.54. The van der Waals surface area contributed by atoms with E-state index in [-0.39, 0.29) is 11.9 Å². The number of piperazine rings is 1. The quantitative estimate of drug-likeness (QED) is 0.604. The Labute approximate surface area is 166 Å². The molecule has 1 heterocycles. The van der Waals surface area contributed by atoms with Crippen molar-refractivity contribution < 1.29 is 23.8 Å². The van der Waals surface area contributed by atoms with Crippen molar-refractivity contribution in [2.45, 2.75) is 20.3 Å². The number of ketones is 1. The van der Waals surface area contributed by atoms with Crippen molar-refractivity contribution >= 4 is 18.0 Å².